The van der Waals surface area contributed by atoms with E-state index in [1.807, 2.05) is 0 Å². The summed E-state index contributed by atoms with van der Waals surface area (Å²) in [6.45, 7) is 1.68. The van der Waals surface area contributed by atoms with Crippen LogP contribution in [0.3, 0.4) is 0 Å². The number of rotatable bonds is 4. The van der Waals surface area contributed by atoms with Gasteiger partial charge >= 0.3 is 0 Å². The fourth-order valence-electron chi connectivity index (χ4n) is 3.60. The first-order chi connectivity index (χ1) is 12.3. The molecule has 3 nitrogen and oxygen atoms in total. The third kappa shape index (κ3) is 4.13. The van der Waals surface area contributed by atoms with Gasteiger partial charge in [-0.2, -0.15) is 0 Å². The van der Waals surface area contributed by atoms with Crippen molar-refractivity contribution < 1.29 is 22.3 Å². The van der Waals surface area contributed by atoms with Gasteiger partial charge in [-0.05, 0) is 67.9 Å². The first-order valence-corrected chi connectivity index (χ1v) is 10.4. The van der Waals surface area contributed by atoms with Crippen molar-refractivity contribution in [3.05, 3.63) is 53.6 Å². The topological polar surface area (TPSA) is 54.4 Å². The predicted octanol–water partition coefficient (Wildman–Crippen LogP) is 4.27. The molecule has 1 aliphatic carbocycles. The number of hydrogen-bond donors (Lipinski definition) is 1. The molecule has 0 bridgehead atoms. The Hall–Kier alpha value is -1.79. The van der Waals surface area contributed by atoms with Crippen LogP contribution in [0.25, 0.3) is 11.1 Å². The number of aliphatic hydroxyl groups excluding tert-OH is 1. The van der Waals surface area contributed by atoms with Gasteiger partial charge in [-0.25, -0.2) is 17.2 Å². The van der Waals surface area contributed by atoms with E-state index in [0.717, 1.165) is 6.07 Å². The van der Waals surface area contributed by atoms with Gasteiger partial charge in [0.15, 0.2) is 9.84 Å². The van der Waals surface area contributed by atoms with Crippen molar-refractivity contribution in [3.63, 3.8) is 0 Å². The summed E-state index contributed by atoms with van der Waals surface area (Å²) in [6, 6.07) is 8.01. The molecule has 0 unspecified atom stereocenters. The number of hydrogen-bond acceptors (Lipinski definition) is 3. The maximum absolute atomic E-state index is 14.0. The molecule has 0 spiro atoms. The third-order valence-corrected chi connectivity index (χ3v) is 7.06. The van der Waals surface area contributed by atoms with E-state index in [1.165, 1.54) is 18.2 Å². The van der Waals surface area contributed by atoms with Crippen LogP contribution in [0, 0.1) is 24.5 Å². The second-order valence-electron chi connectivity index (χ2n) is 7.06. The molecule has 1 fully saturated rings. The molecule has 1 saturated carbocycles. The van der Waals surface area contributed by atoms with E-state index < -0.39 is 21.5 Å². The molecule has 2 aromatic carbocycles. The Kier molecular flexibility index (Phi) is 5.44. The lowest BCUT2D eigenvalue weighted by atomic mass is 9.89. The molecule has 26 heavy (non-hydrogen) atoms. The number of sulfone groups is 1. The summed E-state index contributed by atoms with van der Waals surface area (Å²) in [5, 5.41) is 9.56. The first-order valence-electron chi connectivity index (χ1n) is 8.73. The highest BCUT2D eigenvalue weighted by Crippen LogP contribution is 2.31. The standard InChI is InChI=1S/C20H22F2O3S/c1-13-10-15(18-8-5-16(21)11-19(18)22)4-9-20(13)26(24,25)12-14-2-6-17(23)7-3-14/h4-5,8-11,14,17,23H,2-3,6-7,12H2,1H3. The van der Waals surface area contributed by atoms with Crippen LogP contribution >= 0.6 is 0 Å². The van der Waals surface area contributed by atoms with Crippen LogP contribution in [0.4, 0.5) is 8.78 Å². The van der Waals surface area contributed by atoms with E-state index in [4.69, 9.17) is 0 Å². The number of aryl methyl sites for hydroxylation is 1. The monoisotopic (exact) mass is 380 g/mol. The van der Waals surface area contributed by atoms with Crippen molar-refractivity contribution in [2.75, 3.05) is 5.75 Å². The molecule has 0 aromatic heterocycles. The Morgan fingerprint density at radius 3 is 2.35 bits per heavy atom. The van der Waals surface area contributed by atoms with Crippen LogP contribution in [-0.2, 0) is 9.84 Å². The minimum Gasteiger partial charge on any atom is -0.393 e. The van der Waals surface area contributed by atoms with Crippen LogP contribution < -0.4 is 0 Å². The zero-order valence-corrected chi connectivity index (χ0v) is 15.4. The first kappa shape index (κ1) is 19.0. The summed E-state index contributed by atoms with van der Waals surface area (Å²) in [6.07, 6.45) is 2.38. The summed E-state index contributed by atoms with van der Waals surface area (Å²) < 4.78 is 52.6. The molecule has 0 atom stereocenters. The molecule has 0 amide bonds. The highest BCUT2D eigenvalue weighted by atomic mass is 32.2. The summed E-state index contributed by atoms with van der Waals surface area (Å²) in [5.41, 5.74) is 1.29. The average Bonchev–Trinajstić information content (AvgIpc) is 2.56. The van der Waals surface area contributed by atoms with Crippen molar-refractivity contribution in [1.29, 1.82) is 0 Å². The summed E-state index contributed by atoms with van der Waals surface area (Å²) in [4.78, 5) is 0.245. The smallest absolute Gasteiger partial charge is 0.178 e. The molecule has 0 radical (unpaired) electrons. The Balaban J connectivity index is 1.84. The van der Waals surface area contributed by atoms with Gasteiger partial charge in [0.05, 0.1) is 16.8 Å². The Morgan fingerprint density at radius 2 is 1.73 bits per heavy atom. The second kappa shape index (κ2) is 7.45. The van der Waals surface area contributed by atoms with Crippen LogP contribution in [0.5, 0.6) is 0 Å². The van der Waals surface area contributed by atoms with E-state index in [9.17, 15) is 22.3 Å². The van der Waals surface area contributed by atoms with E-state index in [1.54, 1.807) is 19.1 Å². The van der Waals surface area contributed by atoms with Crippen LogP contribution in [0.2, 0.25) is 0 Å². The molecule has 1 N–H and O–H groups in total. The molecule has 140 valence electrons. The van der Waals surface area contributed by atoms with Gasteiger partial charge in [0, 0.05) is 11.6 Å². The van der Waals surface area contributed by atoms with Gasteiger partial charge in [-0.1, -0.05) is 12.1 Å². The molecule has 2 aromatic rings. The van der Waals surface area contributed by atoms with E-state index in [2.05, 4.69) is 0 Å². The van der Waals surface area contributed by atoms with Crippen molar-refractivity contribution >= 4 is 9.84 Å². The SMILES string of the molecule is Cc1cc(-c2ccc(F)cc2F)ccc1S(=O)(=O)CC1CCC(O)CC1. The van der Waals surface area contributed by atoms with Gasteiger partial charge in [-0.15, -0.1) is 0 Å². The molecule has 0 heterocycles. The zero-order valence-electron chi connectivity index (χ0n) is 14.6. The Labute approximate surface area is 152 Å². The highest BCUT2D eigenvalue weighted by molar-refractivity contribution is 7.91. The summed E-state index contributed by atoms with van der Waals surface area (Å²) in [5.74, 6) is -1.22. The summed E-state index contributed by atoms with van der Waals surface area (Å²) >= 11 is 0. The number of benzene rings is 2. The molecular weight excluding hydrogens is 358 g/mol. The lowest BCUT2D eigenvalue weighted by molar-refractivity contribution is 0.113. The average molecular weight is 380 g/mol. The van der Waals surface area contributed by atoms with Gasteiger partial charge in [-0.3, -0.25) is 0 Å². The van der Waals surface area contributed by atoms with E-state index in [-0.39, 0.29) is 28.2 Å². The largest absolute Gasteiger partial charge is 0.393 e. The molecular formula is C20H22F2O3S. The molecule has 0 aliphatic heterocycles. The van der Waals surface area contributed by atoms with Gasteiger partial charge < -0.3 is 5.11 Å². The molecule has 6 heteroatoms. The molecule has 0 saturated heterocycles. The van der Waals surface area contributed by atoms with Crippen LogP contribution in [0.15, 0.2) is 41.3 Å². The van der Waals surface area contributed by atoms with Crippen molar-refractivity contribution in [3.8, 4) is 11.1 Å². The Bertz CT molecular complexity index is 901. The fourth-order valence-corrected chi connectivity index (χ4v) is 5.56. The van der Waals surface area contributed by atoms with Gasteiger partial charge in [0.1, 0.15) is 11.6 Å². The normalized spacial score (nSPS) is 20.9. The maximum Gasteiger partial charge on any atom is 0.178 e. The maximum atomic E-state index is 14.0. The lowest BCUT2D eigenvalue weighted by Gasteiger charge is -2.25. The quantitative estimate of drug-likeness (QED) is 0.862. The second-order valence-corrected chi connectivity index (χ2v) is 9.06. The molecule has 3 rings (SSSR count). The Morgan fingerprint density at radius 1 is 1.04 bits per heavy atom. The van der Waals surface area contributed by atoms with Crippen molar-refractivity contribution in [1.82, 2.24) is 0 Å². The number of halogens is 2. The van der Waals surface area contributed by atoms with E-state index >= 15 is 0 Å². The third-order valence-electron chi connectivity index (χ3n) is 5.02. The van der Waals surface area contributed by atoms with Crippen LogP contribution in [-0.4, -0.2) is 25.4 Å². The summed E-state index contributed by atoms with van der Waals surface area (Å²) in [7, 11) is -3.46. The minimum atomic E-state index is -3.46. The van der Waals surface area contributed by atoms with Crippen LogP contribution in [0.1, 0.15) is 31.2 Å². The predicted molar refractivity (Wildman–Crippen MR) is 96.5 cm³/mol. The lowest BCUT2D eigenvalue weighted by Crippen LogP contribution is -2.24. The number of aliphatic hydroxyl groups is 1. The minimum absolute atomic E-state index is 0.0528. The zero-order chi connectivity index (χ0) is 18.9. The molecule has 1 aliphatic rings. The van der Waals surface area contributed by atoms with Crippen molar-refractivity contribution in [2.24, 2.45) is 5.92 Å². The fraction of sp³-hybridized carbons (Fsp3) is 0.400. The van der Waals surface area contributed by atoms with Gasteiger partial charge in [0.25, 0.3) is 0 Å². The van der Waals surface area contributed by atoms with E-state index in [0.29, 0.717) is 36.8 Å². The highest BCUT2D eigenvalue weighted by Gasteiger charge is 2.27. The van der Waals surface area contributed by atoms with Gasteiger partial charge in [0.2, 0.25) is 0 Å². The van der Waals surface area contributed by atoms with Crippen molar-refractivity contribution in [2.45, 2.75) is 43.6 Å².